The molecule has 2 aromatic rings. The number of ketones is 1. The fourth-order valence-electron chi connectivity index (χ4n) is 2.97. The Morgan fingerprint density at radius 2 is 1.90 bits per heavy atom. The number of nitrogens with zero attached hydrogens (tertiary/aromatic N) is 2. The molecule has 0 aliphatic carbocycles. The van der Waals surface area contributed by atoms with Gasteiger partial charge < -0.3 is 10.6 Å². The predicted molar refractivity (Wildman–Crippen MR) is 105 cm³/mol. The Hall–Kier alpha value is -3.51. The molecule has 29 heavy (non-hydrogen) atoms. The molecule has 9 heteroatoms. The van der Waals surface area contributed by atoms with Crippen LogP contribution in [0.15, 0.2) is 36.4 Å². The zero-order valence-electron chi connectivity index (χ0n) is 15.8. The van der Waals surface area contributed by atoms with E-state index < -0.39 is 17.5 Å². The van der Waals surface area contributed by atoms with Gasteiger partial charge in [0, 0.05) is 11.8 Å². The highest BCUT2D eigenvalue weighted by molar-refractivity contribution is 7.14. The van der Waals surface area contributed by atoms with Crippen molar-refractivity contribution in [3.63, 3.8) is 0 Å². The average Bonchev–Trinajstić information content (AvgIpc) is 3.26. The maximum absolute atomic E-state index is 12.9. The average molecular weight is 410 g/mol. The number of imide groups is 1. The summed E-state index contributed by atoms with van der Waals surface area (Å²) in [7, 11) is 0. The summed E-state index contributed by atoms with van der Waals surface area (Å²) in [4.78, 5) is 51.0. The van der Waals surface area contributed by atoms with Gasteiger partial charge in [-0.1, -0.05) is 12.1 Å². The highest BCUT2D eigenvalue weighted by Crippen LogP contribution is 2.29. The first-order valence-electron chi connectivity index (χ1n) is 8.75. The third kappa shape index (κ3) is 4.02. The highest BCUT2D eigenvalue weighted by atomic mass is 32.1. The molecular formula is C20H18N4O4S. The molecule has 8 nitrogen and oxygen atoms in total. The van der Waals surface area contributed by atoms with Crippen molar-refractivity contribution in [3.8, 4) is 6.07 Å². The first-order chi connectivity index (χ1) is 13.7. The summed E-state index contributed by atoms with van der Waals surface area (Å²) < 4.78 is 0. The molecule has 0 bridgehead atoms. The van der Waals surface area contributed by atoms with E-state index >= 15 is 0 Å². The number of nitriles is 1. The number of benzene rings is 1. The van der Waals surface area contributed by atoms with Crippen molar-refractivity contribution in [2.75, 3.05) is 6.54 Å². The SMILES string of the molecule is CC(=O)NCc1ccc(C(=O)CN2C(=O)NC(C)(c3ccc(C#N)cc3)C2=O)s1. The molecule has 0 spiro atoms. The lowest BCUT2D eigenvalue weighted by Crippen LogP contribution is -2.41. The lowest BCUT2D eigenvalue weighted by Gasteiger charge is -2.22. The molecule has 1 unspecified atom stereocenters. The van der Waals surface area contributed by atoms with Crippen molar-refractivity contribution in [2.45, 2.75) is 25.9 Å². The first-order valence-corrected chi connectivity index (χ1v) is 9.57. The third-order valence-electron chi connectivity index (χ3n) is 4.62. The fraction of sp³-hybridized carbons (Fsp3) is 0.250. The quantitative estimate of drug-likeness (QED) is 0.557. The van der Waals surface area contributed by atoms with Crippen molar-refractivity contribution in [2.24, 2.45) is 0 Å². The van der Waals surface area contributed by atoms with Crippen molar-refractivity contribution in [1.29, 1.82) is 5.26 Å². The lowest BCUT2D eigenvalue weighted by atomic mass is 9.91. The van der Waals surface area contributed by atoms with Crippen LogP contribution >= 0.6 is 11.3 Å². The topological polar surface area (TPSA) is 119 Å². The first kappa shape index (κ1) is 20.2. The monoisotopic (exact) mass is 410 g/mol. The Kier molecular flexibility index (Phi) is 5.48. The summed E-state index contributed by atoms with van der Waals surface area (Å²) in [5.41, 5.74) is -0.343. The van der Waals surface area contributed by atoms with Crippen LogP contribution in [0.1, 0.15) is 39.5 Å². The number of hydrogen-bond acceptors (Lipinski definition) is 6. The second kappa shape index (κ2) is 7.85. The largest absolute Gasteiger partial charge is 0.351 e. The number of carbonyl (C=O) groups excluding carboxylic acids is 4. The second-order valence-electron chi connectivity index (χ2n) is 6.73. The lowest BCUT2D eigenvalue weighted by molar-refractivity contribution is -0.130. The third-order valence-corrected chi connectivity index (χ3v) is 5.74. The summed E-state index contributed by atoms with van der Waals surface area (Å²) in [5, 5.41) is 14.2. The van der Waals surface area contributed by atoms with E-state index in [2.05, 4.69) is 10.6 Å². The zero-order chi connectivity index (χ0) is 21.2. The molecular weight excluding hydrogens is 392 g/mol. The fourth-order valence-corrected chi connectivity index (χ4v) is 3.85. The number of carbonyl (C=O) groups is 4. The van der Waals surface area contributed by atoms with Crippen LogP contribution in [-0.4, -0.2) is 35.1 Å². The minimum atomic E-state index is -1.31. The number of urea groups is 1. The standard InChI is InChI=1S/C20H18N4O4S/c1-12(25)22-10-15-7-8-17(29-15)16(26)11-24-18(27)20(2,23-19(24)28)14-5-3-13(9-21)4-6-14/h3-8H,10-11H2,1-2H3,(H,22,25)(H,23,28). The van der Waals surface area contributed by atoms with Crippen LogP contribution in [0, 0.1) is 11.3 Å². The summed E-state index contributed by atoms with van der Waals surface area (Å²) in [6.07, 6.45) is 0. The Morgan fingerprint density at radius 3 is 2.52 bits per heavy atom. The Bertz CT molecular complexity index is 1040. The maximum atomic E-state index is 12.9. The normalized spacial score (nSPS) is 18.3. The summed E-state index contributed by atoms with van der Waals surface area (Å²) >= 11 is 1.20. The summed E-state index contributed by atoms with van der Waals surface area (Å²) in [5.74, 6) is -1.07. The second-order valence-corrected chi connectivity index (χ2v) is 7.90. The van der Waals surface area contributed by atoms with E-state index in [0.29, 0.717) is 22.5 Å². The smallest absolute Gasteiger partial charge is 0.325 e. The number of thiophene rings is 1. The van der Waals surface area contributed by atoms with Gasteiger partial charge in [0.05, 0.1) is 29.6 Å². The Balaban J connectivity index is 1.73. The van der Waals surface area contributed by atoms with Crippen molar-refractivity contribution < 1.29 is 19.2 Å². The maximum Gasteiger partial charge on any atom is 0.325 e. The van der Waals surface area contributed by atoms with E-state index in [0.717, 1.165) is 9.78 Å². The van der Waals surface area contributed by atoms with Gasteiger partial charge in [0.1, 0.15) is 5.54 Å². The molecule has 4 amide bonds. The van der Waals surface area contributed by atoms with E-state index in [-0.39, 0.29) is 18.2 Å². The van der Waals surface area contributed by atoms with Gasteiger partial charge in [-0.3, -0.25) is 19.3 Å². The number of nitrogens with one attached hydrogen (secondary N) is 2. The van der Waals surface area contributed by atoms with Gasteiger partial charge in [-0.05, 0) is 36.8 Å². The summed E-state index contributed by atoms with van der Waals surface area (Å²) in [6, 6.07) is 11.0. The molecule has 1 fully saturated rings. The molecule has 3 rings (SSSR count). The number of hydrogen-bond donors (Lipinski definition) is 2. The van der Waals surface area contributed by atoms with Crippen LogP contribution in [0.4, 0.5) is 4.79 Å². The van der Waals surface area contributed by atoms with Crippen molar-refractivity contribution in [1.82, 2.24) is 15.5 Å². The van der Waals surface area contributed by atoms with Crippen LogP contribution in [-0.2, 0) is 21.7 Å². The van der Waals surface area contributed by atoms with Crippen LogP contribution in [0.3, 0.4) is 0 Å². The van der Waals surface area contributed by atoms with Gasteiger partial charge in [0.2, 0.25) is 5.91 Å². The minimum Gasteiger partial charge on any atom is -0.351 e. The van der Waals surface area contributed by atoms with Crippen LogP contribution in [0.2, 0.25) is 0 Å². The Morgan fingerprint density at radius 1 is 1.21 bits per heavy atom. The van der Waals surface area contributed by atoms with Gasteiger partial charge >= 0.3 is 6.03 Å². The van der Waals surface area contributed by atoms with Gasteiger partial charge in [0.15, 0.2) is 5.78 Å². The Labute approximate surface area is 171 Å². The number of Topliss-reactive ketones (excluding diaryl/α,β-unsaturated/α-hetero) is 1. The highest BCUT2D eigenvalue weighted by Gasteiger charge is 2.49. The molecule has 148 valence electrons. The summed E-state index contributed by atoms with van der Waals surface area (Å²) in [6.45, 7) is 2.90. The van der Waals surface area contributed by atoms with E-state index in [1.54, 1.807) is 43.3 Å². The van der Waals surface area contributed by atoms with E-state index in [9.17, 15) is 19.2 Å². The molecule has 1 atom stereocenters. The molecule has 2 heterocycles. The predicted octanol–water partition coefficient (Wildman–Crippen LogP) is 1.91. The van der Waals surface area contributed by atoms with Gasteiger partial charge in [-0.15, -0.1) is 11.3 Å². The van der Waals surface area contributed by atoms with Crippen LogP contribution in [0.5, 0.6) is 0 Å². The van der Waals surface area contributed by atoms with Gasteiger partial charge in [-0.2, -0.15) is 5.26 Å². The molecule has 1 aliphatic heterocycles. The molecule has 1 aliphatic rings. The molecule has 1 saturated heterocycles. The molecule has 0 radical (unpaired) electrons. The minimum absolute atomic E-state index is 0.173. The van der Waals surface area contributed by atoms with Crippen molar-refractivity contribution in [3.05, 3.63) is 57.3 Å². The van der Waals surface area contributed by atoms with Gasteiger partial charge in [0.25, 0.3) is 5.91 Å². The molecule has 2 N–H and O–H groups in total. The molecule has 1 aromatic carbocycles. The van der Waals surface area contributed by atoms with E-state index in [1.807, 2.05) is 6.07 Å². The van der Waals surface area contributed by atoms with Gasteiger partial charge in [-0.25, -0.2) is 4.79 Å². The zero-order valence-corrected chi connectivity index (χ0v) is 16.6. The van der Waals surface area contributed by atoms with Crippen molar-refractivity contribution >= 4 is 35.0 Å². The number of rotatable bonds is 6. The van der Waals surface area contributed by atoms with Crippen LogP contribution < -0.4 is 10.6 Å². The van der Waals surface area contributed by atoms with E-state index in [4.69, 9.17) is 5.26 Å². The number of amides is 4. The molecule has 0 saturated carbocycles. The molecule has 1 aromatic heterocycles. The van der Waals surface area contributed by atoms with Crippen LogP contribution in [0.25, 0.3) is 0 Å². The van der Waals surface area contributed by atoms with E-state index in [1.165, 1.54) is 18.3 Å².